The lowest BCUT2D eigenvalue weighted by Gasteiger charge is -2.13. The van der Waals surface area contributed by atoms with Crippen LogP contribution in [0.5, 0.6) is 0 Å². The lowest BCUT2D eigenvalue weighted by molar-refractivity contribution is -0.384. The molecule has 0 saturated carbocycles. The fourth-order valence-corrected chi connectivity index (χ4v) is 4.04. The molecular formula is C22H20N6O2. The van der Waals surface area contributed by atoms with Gasteiger partial charge in [-0.3, -0.25) is 10.1 Å². The van der Waals surface area contributed by atoms with Gasteiger partial charge in [-0.2, -0.15) is 10.1 Å². The number of benzene rings is 2. The highest BCUT2D eigenvalue weighted by Gasteiger charge is 2.25. The van der Waals surface area contributed by atoms with Gasteiger partial charge in [-0.05, 0) is 36.0 Å². The lowest BCUT2D eigenvalue weighted by atomic mass is 10.1. The first-order valence-corrected chi connectivity index (χ1v) is 9.94. The number of rotatable bonds is 6. The van der Waals surface area contributed by atoms with Crippen LogP contribution in [0.25, 0.3) is 11.0 Å². The van der Waals surface area contributed by atoms with E-state index in [4.69, 9.17) is 4.98 Å². The van der Waals surface area contributed by atoms with E-state index in [1.54, 1.807) is 18.3 Å². The zero-order valence-electron chi connectivity index (χ0n) is 16.2. The van der Waals surface area contributed by atoms with Crippen LogP contribution in [0, 0.1) is 10.1 Å². The SMILES string of the molecule is O=[N+]([O-])c1ccc(CCNc2ncc3cnn(C4CCc5ccccc54)c3n2)cc1. The Hall–Kier alpha value is -3.81. The second kappa shape index (κ2) is 7.55. The average Bonchev–Trinajstić information content (AvgIpc) is 3.37. The first-order valence-electron chi connectivity index (χ1n) is 9.94. The summed E-state index contributed by atoms with van der Waals surface area (Å²) >= 11 is 0. The zero-order valence-corrected chi connectivity index (χ0v) is 16.2. The summed E-state index contributed by atoms with van der Waals surface area (Å²) in [5.74, 6) is 0.553. The van der Waals surface area contributed by atoms with Gasteiger partial charge in [0.05, 0.1) is 22.5 Å². The molecule has 1 unspecified atom stereocenters. The molecule has 2 aromatic carbocycles. The Labute approximate surface area is 172 Å². The number of nitrogens with one attached hydrogen (secondary N) is 1. The fourth-order valence-electron chi connectivity index (χ4n) is 4.04. The van der Waals surface area contributed by atoms with Crippen molar-refractivity contribution in [3.63, 3.8) is 0 Å². The minimum atomic E-state index is -0.392. The predicted octanol–water partition coefficient (Wildman–Crippen LogP) is 3.92. The van der Waals surface area contributed by atoms with Crippen LogP contribution >= 0.6 is 0 Å². The highest BCUT2D eigenvalue weighted by molar-refractivity contribution is 5.75. The van der Waals surface area contributed by atoms with Crippen LogP contribution in [0.4, 0.5) is 11.6 Å². The van der Waals surface area contributed by atoms with Gasteiger partial charge in [0.25, 0.3) is 5.69 Å². The third kappa shape index (κ3) is 3.36. The maximum atomic E-state index is 10.8. The van der Waals surface area contributed by atoms with Crippen LogP contribution < -0.4 is 5.32 Å². The number of aromatic nitrogens is 4. The molecule has 0 aliphatic heterocycles. The Bertz CT molecular complexity index is 1220. The van der Waals surface area contributed by atoms with E-state index in [9.17, 15) is 10.1 Å². The van der Waals surface area contributed by atoms with Gasteiger partial charge in [0.2, 0.25) is 5.95 Å². The third-order valence-corrected chi connectivity index (χ3v) is 5.57. The van der Waals surface area contributed by atoms with Crippen molar-refractivity contribution in [3.8, 4) is 0 Å². The lowest BCUT2D eigenvalue weighted by Crippen LogP contribution is -2.12. The Balaban J connectivity index is 1.32. The summed E-state index contributed by atoms with van der Waals surface area (Å²) in [5.41, 5.74) is 4.63. The number of anilines is 1. The predicted molar refractivity (Wildman–Crippen MR) is 114 cm³/mol. The van der Waals surface area contributed by atoms with Crippen LogP contribution in [-0.2, 0) is 12.8 Å². The van der Waals surface area contributed by atoms with E-state index in [1.165, 1.54) is 23.3 Å². The van der Waals surface area contributed by atoms with Gasteiger partial charge in [0, 0.05) is 24.9 Å². The fraction of sp³-hybridized carbons (Fsp3) is 0.227. The van der Waals surface area contributed by atoms with Crippen molar-refractivity contribution < 1.29 is 4.92 Å². The standard InChI is InChI=1S/C22H20N6O2/c29-28(30)18-8-5-15(6-9-18)11-12-23-22-24-13-17-14-25-27(21(17)26-22)20-10-7-16-3-1-2-4-19(16)20/h1-6,8-9,13-14,20H,7,10-12H2,(H,23,24,26). The van der Waals surface area contributed by atoms with Crippen LogP contribution in [0.3, 0.4) is 0 Å². The summed E-state index contributed by atoms with van der Waals surface area (Å²) in [4.78, 5) is 19.5. The second-order valence-corrected chi connectivity index (χ2v) is 7.42. The largest absolute Gasteiger partial charge is 0.354 e. The summed E-state index contributed by atoms with van der Waals surface area (Å²) in [5, 5.41) is 19.5. The molecular weight excluding hydrogens is 380 g/mol. The van der Waals surface area contributed by atoms with Crippen LogP contribution in [-0.4, -0.2) is 31.2 Å². The van der Waals surface area contributed by atoms with E-state index >= 15 is 0 Å². The third-order valence-electron chi connectivity index (χ3n) is 5.57. The minimum absolute atomic E-state index is 0.0993. The molecule has 0 bridgehead atoms. The molecule has 2 heterocycles. The number of aryl methyl sites for hydroxylation is 1. The Kier molecular flexibility index (Phi) is 4.59. The van der Waals surface area contributed by atoms with E-state index < -0.39 is 4.92 Å². The van der Waals surface area contributed by atoms with Crippen molar-refractivity contribution in [2.45, 2.75) is 25.3 Å². The van der Waals surface area contributed by atoms with E-state index in [0.717, 1.165) is 29.4 Å². The monoisotopic (exact) mass is 400 g/mol. The van der Waals surface area contributed by atoms with Crippen molar-refractivity contribution in [1.29, 1.82) is 0 Å². The average molecular weight is 400 g/mol. The molecule has 8 nitrogen and oxygen atoms in total. The molecule has 1 N–H and O–H groups in total. The first kappa shape index (κ1) is 18.2. The Morgan fingerprint density at radius 2 is 1.97 bits per heavy atom. The second-order valence-electron chi connectivity index (χ2n) is 7.42. The minimum Gasteiger partial charge on any atom is -0.354 e. The van der Waals surface area contributed by atoms with E-state index in [2.05, 4.69) is 39.7 Å². The molecule has 0 spiro atoms. The Morgan fingerprint density at radius 3 is 2.80 bits per heavy atom. The van der Waals surface area contributed by atoms with E-state index in [-0.39, 0.29) is 11.7 Å². The normalized spacial score (nSPS) is 15.3. The zero-order chi connectivity index (χ0) is 20.5. The maximum absolute atomic E-state index is 10.8. The van der Waals surface area contributed by atoms with Gasteiger partial charge < -0.3 is 5.32 Å². The van der Waals surface area contributed by atoms with Gasteiger partial charge in [-0.25, -0.2) is 9.67 Å². The van der Waals surface area contributed by atoms with Crippen LogP contribution in [0.2, 0.25) is 0 Å². The summed E-state index contributed by atoms with van der Waals surface area (Å²) in [6, 6.07) is 15.3. The molecule has 1 aliphatic rings. The van der Waals surface area contributed by atoms with E-state index in [1.807, 2.05) is 10.9 Å². The highest BCUT2D eigenvalue weighted by atomic mass is 16.6. The molecule has 8 heteroatoms. The Morgan fingerprint density at radius 1 is 1.13 bits per heavy atom. The van der Waals surface area contributed by atoms with Crippen molar-refractivity contribution in [2.75, 3.05) is 11.9 Å². The van der Waals surface area contributed by atoms with Crippen molar-refractivity contribution in [3.05, 3.63) is 87.7 Å². The number of nitrogens with zero attached hydrogens (tertiary/aromatic N) is 5. The van der Waals surface area contributed by atoms with Crippen molar-refractivity contribution in [1.82, 2.24) is 19.7 Å². The molecule has 150 valence electrons. The van der Waals surface area contributed by atoms with Gasteiger partial charge in [0.15, 0.2) is 5.65 Å². The van der Waals surface area contributed by atoms with Crippen LogP contribution in [0.15, 0.2) is 60.9 Å². The maximum Gasteiger partial charge on any atom is 0.269 e. The van der Waals surface area contributed by atoms with Gasteiger partial charge in [-0.1, -0.05) is 36.4 Å². The molecule has 1 aliphatic carbocycles. The summed E-state index contributed by atoms with van der Waals surface area (Å²) in [6.07, 6.45) is 6.39. The molecule has 2 aromatic heterocycles. The van der Waals surface area contributed by atoms with E-state index in [0.29, 0.717) is 18.9 Å². The van der Waals surface area contributed by atoms with Gasteiger partial charge in [-0.15, -0.1) is 0 Å². The molecule has 0 radical (unpaired) electrons. The molecule has 0 fully saturated rings. The van der Waals surface area contributed by atoms with Crippen molar-refractivity contribution in [2.24, 2.45) is 0 Å². The number of nitro groups is 1. The number of fused-ring (bicyclic) bond motifs is 2. The molecule has 5 rings (SSSR count). The number of hydrogen-bond donors (Lipinski definition) is 1. The summed E-state index contributed by atoms with van der Waals surface area (Å²) in [7, 11) is 0. The van der Waals surface area contributed by atoms with Gasteiger partial charge >= 0.3 is 0 Å². The number of non-ortho nitro benzene ring substituents is 1. The molecule has 1 atom stereocenters. The van der Waals surface area contributed by atoms with Gasteiger partial charge in [0.1, 0.15) is 0 Å². The van der Waals surface area contributed by atoms with Crippen molar-refractivity contribution >= 4 is 22.7 Å². The number of hydrogen-bond acceptors (Lipinski definition) is 6. The molecule has 30 heavy (non-hydrogen) atoms. The highest BCUT2D eigenvalue weighted by Crippen LogP contribution is 2.35. The first-order chi connectivity index (χ1) is 14.7. The summed E-state index contributed by atoms with van der Waals surface area (Å²) < 4.78 is 2.00. The smallest absolute Gasteiger partial charge is 0.269 e. The molecule has 4 aromatic rings. The number of nitro benzene ring substituents is 1. The summed E-state index contributed by atoms with van der Waals surface area (Å²) in [6.45, 7) is 0.629. The molecule has 0 saturated heterocycles. The topological polar surface area (TPSA) is 98.8 Å². The molecule has 0 amide bonds. The van der Waals surface area contributed by atoms with Crippen LogP contribution in [0.1, 0.15) is 29.2 Å². The quantitative estimate of drug-likeness (QED) is 0.389.